The smallest absolute Gasteiger partial charge is 0.295 e. The molecule has 1 atom stereocenters. The Morgan fingerprint density at radius 2 is 1.52 bits per heavy atom. The second kappa shape index (κ2) is 11.7. The number of likely N-dealkylation sites (tertiary alicyclic amines) is 1. The number of ketones is 1. The summed E-state index contributed by atoms with van der Waals surface area (Å²) in [5, 5.41) is 11.5. The molecule has 4 aromatic carbocycles. The number of hydrogen-bond donors (Lipinski definition) is 1. The summed E-state index contributed by atoms with van der Waals surface area (Å²) in [6, 6.07) is 28.5. The van der Waals surface area contributed by atoms with Crippen molar-refractivity contribution >= 4 is 17.4 Å². The van der Waals surface area contributed by atoms with E-state index in [9.17, 15) is 14.7 Å². The van der Waals surface area contributed by atoms with Crippen LogP contribution in [0.5, 0.6) is 23.0 Å². The SMILES string of the molecule is COc1cc(C2/C(=C(/O)c3ccc4c(c3)OCCO4)C(=O)C(=O)N2Cc2ccccc2)ccc1OCc1ccccc1. The molecule has 4 aromatic rings. The van der Waals surface area contributed by atoms with Crippen LogP contribution in [-0.4, -0.2) is 42.0 Å². The Kier molecular flexibility index (Phi) is 7.51. The van der Waals surface area contributed by atoms with Crippen molar-refractivity contribution in [1.29, 1.82) is 0 Å². The van der Waals surface area contributed by atoms with Gasteiger partial charge in [-0.05, 0) is 47.0 Å². The van der Waals surface area contributed by atoms with Crippen LogP contribution in [0.3, 0.4) is 0 Å². The minimum atomic E-state index is -0.879. The van der Waals surface area contributed by atoms with E-state index in [1.54, 1.807) is 36.4 Å². The lowest BCUT2D eigenvalue weighted by Crippen LogP contribution is -2.29. The number of methoxy groups -OCH3 is 1. The van der Waals surface area contributed by atoms with E-state index in [1.807, 2.05) is 60.7 Å². The fraction of sp³-hybridized carbons (Fsp3) is 0.176. The second-order valence-electron chi connectivity index (χ2n) is 9.96. The van der Waals surface area contributed by atoms with E-state index >= 15 is 0 Å². The predicted molar refractivity (Wildman–Crippen MR) is 155 cm³/mol. The molecule has 2 heterocycles. The Bertz CT molecular complexity index is 1650. The van der Waals surface area contributed by atoms with Gasteiger partial charge in [0.15, 0.2) is 23.0 Å². The molecule has 1 amide bonds. The standard InChI is InChI=1S/C34H29NO7/c1-39-28-18-24(12-14-26(28)42-21-23-10-6-3-7-11-23)31-30(32(36)25-13-15-27-29(19-25)41-17-16-40-27)33(37)34(38)35(31)20-22-8-4-2-5-9-22/h2-15,18-19,31,36H,16-17,20-21H2,1H3/b32-30-. The maximum atomic E-state index is 13.6. The number of carbonyl (C=O) groups is 2. The van der Waals surface area contributed by atoms with Crippen LogP contribution >= 0.6 is 0 Å². The molecule has 0 bridgehead atoms. The second-order valence-corrected chi connectivity index (χ2v) is 9.96. The topological polar surface area (TPSA) is 94.5 Å². The maximum Gasteiger partial charge on any atom is 0.295 e. The van der Waals surface area contributed by atoms with Crippen LogP contribution in [-0.2, 0) is 22.7 Å². The molecule has 1 fully saturated rings. The lowest BCUT2D eigenvalue weighted by Gasteiger charge is -2.26. The highest BCUT2D eigenvalue weighted by molar-refractivity contribution is 6.46. The van der Waals surface area contributed by atoms with Crippen molar-refractivity contribution in [3.05, 3.63) is 125 Å². The zero-order valence-corrected chi connectivity index (χ0v) is 23.0. The summed E-state index contributed by atoms with van der Waals surface area (Å²) < 4.78 is 23.0. The molecule has 0 saturated carbocycles. The van der Waals surface area contributed by atoms with E-state index in [2.05, 4.69) is 0 Å². The number of aliphatic hydroxyl groups is 1. The van der Waals surface area contributed by atoms with Crippen LogP contribution in [0.25, 0.3) is 5.76 Å². The van der Waals surface area contributed by atoms with Gasteiger partial charge in [-0.1, -0.05) is 66.7 Å². The van der Waals surface area contributed by atoms with Crippen molar-refractivity contribution in [2.75, 3.05) is 20.3 Å². The number of amides is 1. The van der Waals surface area contributed by atoms with E-state index < -0.39 is 17.7 Å². The molecule has 1 unspecified atom stereocenters. The van der Waals surface area contributed by atoms with Gasteiger partial charge in [-0.25, -0.2) is 0 Å². The van der Waals surface area contributed by atoms with E-state index in [4.69, 9.17) is 18.9 Å². The number of nitrogens with zero attached hydrogens (tertiary/aromatic N) is 1. The molecule has 2 aliphatic heterocycles. The van der Waals surface area contributed by atoms with Gasteiger partial charge in [0.05, 0.1) is 18.7 Å². The maximum absolute atomic E-state index is 13.6. The average molecular weight is 564 g/mol. The molecule has 0 spiro atoms. The Morgan fingerprint density at radius 1 is 0.833 bits per heavy atom. The van der Waals surface area contributed by atoms with Crippen LogP contribution in [0, 0.1) is 0 Å². The monoisotopic (exact) mass is 563 g/mol. The minimum absolute atomic E-state index is 0.0207. The summed E-state index contributed by atoms with van der Waals surface area (Å²) in [5.41, 5.74) is 2.76. The number of hydrogen-bond acceptors (Lipinski definition) is 7. The first-order valence-corrected chi connectivity index (χ1v) is 13.6. The highest BCUT2D eigenvalue weighted by atomic mass is 16.6. The molecule has 6 rings (SSSR count). The summed E-state index contributed by atoms with van der Waals surface area (Å²) in [6.07, 6.45) is 0. The lowest BCUT2D eigenvalue weighted by atomic mass is 9.94. The van der Waals surface area contributed by atoms with Gasteiger partial charge in [-0.2, -0.15) is 0 Å². The fourth-order valence-electron chi connectivity index (χ4n) is 5.22. The number of fused-ring (bicyclic) bond motifs is 1. The molecular formula is C34H29NO7. The highest BCUT2D eigenvalue weighted by Crippen LogP contribution is 2.43. The molecule has 1 N–H and O–H groups in total. The molecule has 2 aliphatic rings. The van der Waals surface area contributed by atoms with Crippen LogP contribution in [0.2, 0.25) is 0 Å². The average Bonchev–Trinajstić information content (AvgIpc) is 3.29. The van der Waals surface area contributed by atoms with Gasteiger partial charge in [0.1, 0.15) is 25.6 Å². The molecule has 42 heavy (non-hydrogen) atoms. The number of Topliss-reactive ketones (excluding diaryl/α,β-unsaturated/α-hetero) is 1. The van der Waals surface area contributed by atoms with Crippen molar-refractivity contribution in [3.8, 4) is 23.0 Å². The summed E-state index contributed by atoms with van der Waals surface area (Å²) in [5.74, 6) is 0.189. The fourth-order valence-corrected chi connectivity index (χ4v) is 5.22. The molecule has 1 saturated heterocycles. The highest BCUT2D eigenvalue weighted by Gasteiger charge is 2.46. The zero-order valence-electron chi connectivity index (χ0n) is 23.0. The number of aliphatic hydroxyl groups excluding tert-OH is 1. The lowest BCUT2D eigenvalue weighted by molar-refractivity contribution is -0.140. The molecule has 8 heteroatoms. The Hall–Kier alpha value is -5.24. The zero-order chi connectivity index (χ0) is 29.1. The van der Waals surface area contributed by atoms with Crippen LogP contribution in [0.15, 0.2) is 103 Å². The Morgan fingerprint density at radius 3 is 2.24 bits per heavy atom. The third-order valence-electron chi connectivity index (χ3n) is 7.29. The summed E-state index contributed by atoms with van der Waals surface area (Å²) in [4.78, 5) is 28.5. The van der Waals surface area contributed by atoms with Crippen molar-refractivity contribution in [2.24, 2.45) is 0 Å². The number of benzene rings is 4. The largest absolute Gasteiger partial charge is 0.507 e. The van der Waals surface area contributed by atoms with Crippen LogP contribution in [0.4, 0.5) is 0 Å². The van der Waals surface area contributed by atoms with Crippen molar-refractivity contribution in [3.63, 3.8) is 0 Å². The number of carbonyl (C=O) groups excluding carboxylic acids is 2. The van der Waals surface area contributed by atoms with Gasteiger partial charge in [-0.3, -0.25) is 9.59 Å². The quantitative estimate of drug-likeness (QED) is 0.168. The van der Waals surface area contributed by atoms with E-state index in [1.165, 1.54) is 12.0 Å². The van der Waals surface area contributed by atoms with Gasteiger partial charge in [0.2, 0.25) is 0 Å². The molecule has 0 aromatic heterocycles. The van der Waals surface area contributed by atoms with Gasteiger partial charge in [0.25, 0.3) is 11.7 Å². The Balaban J connectivity index is 1.42. The number of rotatable bonds is 8. The van der Waals surface area contributed by atoms with Crippen molar-refractivity contribution in [1.82, 2.24) is 4.90 Å². The van der Waals surface area contributed by atoms with E-state index in [0.717, 1.165) is 11.1 Å². The molecule has 0 radical (unpaired) electrons. The molecular weight excluding hydrogens is 534 g/mol. The summed E-state index contributed by atoms with van der Waals surface area (Å²) in [7, 11) is 1.53. The first-order valence-electron chi connectivity index (χ1n) is 13.6. The van der Waals surface area contributed by atoms with Crippen molar-refractivity contribution < 1.29 is 33.6 Å². The number of ether oxygens (including phenoxy) is 4. The van der Waals surface area contributed by atoms with Crippen LogP contribution < -0.4 is 18.9 Å². The third-order valence-corrected chi connectivity index (χ3v) is 7.29. The normalized spacial score (nSPS) is 17.3. The first kappa shape index (κ1) is 27.0. The van der Waals surface area contributed by atoms with E-state index in [-0.39, 0.29) is 17.9 Å². The van der Waals surface area contributed by atoms with Gasteiger partial charge in [-0.15, -0.1) is 0 Å². The first-order chi connectivity index (χ1) is 20.5. The van der Waals surface area contributed by atoms with Gasteiger partial charge in [0, 0.05) is 12.1 Å². The van der Waals surface area contributed by atoms with Crippen LogP contribution in [0.1, 0.15) is 28.3 Å². The summed E-state index contributed by atoms with van der Waals surface area (Å²) >= 11 is 0. The van der Waals surface area contributed by atoms with Gasteiger partial charge >= 0.3 is 0 Å². The third kappa shape index (κ3) is 5.26. The minimum Gasteiger partial charge on any atom is -0.507 e. The molecule has 8 nitrogen and oxygen atoms in total. The molecule has 212 valence electrons. The predicted octanol–water partition coefficient (Wildman–Crippen LogP) is 5.67. The van der Waals surface area contributed by atoms with E-state index in [0.29, 0.717) is 53.9 Å². The molecule has 0 aliphatic carbocycles. The Labute approximate surface area is 243 Å². The van der Waals surface area contributed by atoms with Gasteiger partial charge < -0.3 is 29.0 Å². The van der Waals surface area contributed by atoms with Crippen molar-refractivity contribution in [2.45, 2.75) is 19.2 Å². The summed E-state index contributed by atoms with van der Waals surface area (Å²) in [6.45, 7) is 1.31.